The van der Waals surface area contributed by atoms with Gasteiger partial charge in [-0.3, -0.25) is 0 Å². The van der Waals surface area contributed by atoms with E-state index in [4.69, 9.17) is 17.3 Å². The number of anilines is 1. The predicted octanol–water partition coefficient (Wildman–Crippen LogP) is 3.86. The number of hydrogen-bond donors (Lipinski definition) is 1. The Labute approximate surface area is 120 Å². The van der Waals surface area contributed by atoms with Gasteiger partial charge in [0.1, 0.15) is 0 Å². The Morgan fingerprint density at radius 2 is 1.95 bits per heavy atom. The van der Waals surface area contributed by atoms with E-state index in [9.17, 15) is 4.79 Å². The van der Waals surface area contributed by atoms with Gasteiger partial charge < -0.3 is 10.5 Å². The molecule has 0 saturated heterocycles. The van der Waals surface area contributed by atoms with Crippen LogP contribution in [0.5, 0.6) is 0 Å². The number of methoxy groups -OCH3 is 1. The molecule has 98 valence electrons. The lowest BCUT2D eigenvalue weighted by Gasteiger charge is -2.08. The number of carbonyl (C=O) groups is 1. The summed E-state index contributed by atoms with van der Waals surface area (Å²) in [6.07, 6.45) is 0. The summed E-state index contributed by atoms with van der Waals surface area (Å²) in [7, 11) is 1.34. The van der Waals surface area contributed by atoms with Gasteiger partial charge in [-0.25, -0.2) is 4.79 Å². The molecular formula is C14H12ClNO2S. The molecule has 0 spiro atoms. The maximum absolute atomic E-state index is 11.4. The molecule has 5 heteroatoms. The standard InChI is InChI=1S/C14H12ClNO2S/c1-18-14(17)9-6-7-13(11(16)8-9)19-12-5-3-2-4-10(12)15/h2-8H,16H2,1H3. The summed E-state index contributed by atoms with van der Waals surface area (Å²) in [5, 5.41) is 0.670. The van der Waals surface area contributed by atoms with Crippen molar-refractivity contribution in [1.82, 2.24) is 0 Å². The van der Waals surface area contributed by atoms with E-state index in [1.54, 1.807) is 18.2 Å². The summed E-state index contributed by atoms with van der Waals surface area (Å²) in [4.78, 5) is 13.1. The first kappa shape index (κ1) is 13.8. The molecule has 2 aromatic rings. The Balaban J connectivity index is 2.27. The monoisotopic (exact) mass is 293 g/mol. The van der Waals surface area contributed by atoms with Crippen LogP contribution in [0.1, 0.15) is 10.4 Å². The van der Waals surface area contributed by atoms with Crippen molar-refractivity contribution in [3.05, 3.63) is 53.1 Å². The van der Waals surface area contributed by atoms with Gasteiger partial charge in [0, 0.05) is 15.5 Å². The molecule has 0 bridgehead atoms. The second-order valence-electron chi connectivity index (χ2n) is 3.78. The number of ether oxygens (including phenoxy) is 1. The average molecular weight is 294 g/mol. The van der Waals surface area contributed by atoms with Gasteiger partial charge in [0.05, 0.1) is 17.7 Å². The number of halogens is 1. The quantitative estimate of drug-likeness (QED) is 0.689. The van der Waals surface area contributed by atoms with Crippen molar-refractivity contribution in [2.24, 2.45) is 0 Å². The molecule has 0 aliphatic rings. The Morgan fingerprint density at radius 3 is 2.58 bits per heavy atom. The van der Waals surface area contributed by atoms with Crippen LogP contribution >= 0.6 is 23.4 Å². The van der Waals surface area contributed by atoms with Crippen LogP contribution in [-0.2, 0) is 4.74 Å². The van der Waals surface area contributed by atoms with E-state index >= 15 is 0 Å². The van der Waals surface area contributed by atoms with Crippen LogP contribution in [0.4, 0.5) is 5.69 Å². The minimum absolute atomic E-state index is 0.402. The molecule has 0 fully saturated rings. The van der Waals surface area contributed by atoms with Gasteiger partial charge in [0.25, 0.3) is 0 Å². The smallest absolute Gasteiger partial charge is 0.337 e. The maximum atomic E-state index is 11.4. The number of rotatable bonds is 3. The average Bonchev–Trinajstić information content (AvgIpc) is 2.42. The van der Waals surface area contributed by atoms with Gasteiger partial charge in [0.2, 0.25) is 0 Å². The molecule has 19 heavy (non-hydrogen) atoms. The van der Waals surface area contributed by atoms with E-state index in [-0.39, 0.29) is 0 Å². The maximum Gasteiger partial charge on any atom is 0.337 e. The van der Waals surface area contributed by atoms with Crippen LogP contribution in [0.15, 0.2) is 52.3 Å². The SMILES string of the molecule is COC(=O)c1ccc(Sc2ccccc2Cl)c(N)c1. The molecule has 0 unspecified atom stereocenters. The lowest BCUT2D eigenvalue weighted by atomic mass is 10.2. The fourth-order valence-electron chi connectivity index (χ4n) is 1.53. The predicted molar refractivity (Wildman–Crippen MR) is 77.8 cm³/mol. The molecule has 0 aliphatic carbocycles. The van der Waals surface area contributed by atoms with Crippen LogP contribution in [0, 0.1) is 0 Å². The summed E-state index contributed by atoms with van der Waals surface area (Å²) in [5.41, 5.74) is 6.90. The normalized spacial score (nSPS) is 10.2. The molecule has 0 aromatic heterocycles. The Hall–Kier alpha value is -1.65. The highest BCUT2D eigenvalue weighted by molar-refractivity contribution is 7.99. The van der Waals surface area contributed by atoms with Crippen molar-refractivity contribution >= 4 is 35.0 Å². The van der Waals surface area contributed by atoms with E-state index in [0.29, 0.717) is 16.3 Å². The highest BCUT2D eigenvalue weighted by atomic mass is 35.5. The molecule has 0 saturated carbocycles. The van der Waals surface area contributed by atoms with Crippen molar-refractivity contribution in [2.75, 3.05) is 12.8 Å². The fraction of sp³-hybridized carbons (Fsp3) is 0.0714. The lowest BCUT2D eigenvalue weighted by molar-refractivity contribution is 0.0600. The summed E-state index contributed by atoms with van der Waals surface area (Å²) in [6, 6.07) is 12.6. The second-order valence-corrected chi connectivity index (χ2v) is 5.27. The number of nitrogen functional groups attached to an aromatic ring is 1. The third-order valence-electron chi connectivity index (χ3n) is 2.49. The molecule has 0 radical (unpaired) electrons. The van der Waals surface area contributed by atoms with Crippen LogP contribution in [0.2, 0.25) is 5.02 Å². The Morgan fingerprint density at radius 1 is 1.21 bits per heavy atom. The van der Waals surface area contributed by atoms with Gasteiger partial charge in [-0.15, -0.1) is 0 Å². The van der Waals surface area contributed by atoms with Gasteiger partial charge in [-0.2, -0.15) is 0 Å². The number of nitrogens with two attached hydrogens (primary N) is 1. The van der Waals surface area contributed by atoms with E-state index in [1.165, 1.54) is 18.9 Å². The minimum atomic E-state index is -0.402. The van der Waals surface area contributed by atoms with E-state index in [1.807, 2.05) is 24.3 Å². The third kappa shape index (κ3) is 3.22. The Bertz CT molecular complexity index is 616. The molecule has 0 aliphatic heterocycles. The highest BCUT2D eigenvalue weighted by Gasteiger charge is 2.10. The van der Waals surface area contributed by atoms with Crippen molar-refractivity contribution in [3.8, 4) is 0 Å². The Kier molecular flexibility index (Phi) is 4.35. The first-order valence-corrected chi connectivity index (χ1v) is 6.71. The first-order chi connectivity index (χ1) is 9.11. The summed E-state index contributed by atoms with van der Waals surface area (Å²) in [6.45, 7) is 0. The molecule has 0 heterocycles. The molecular weight excluding hydrogens is 282 g/mol. The van der Waals surface area contributed by atoms with Crippen molar-refractivity contribution in [3.63, 3.8) is 0 Å². The summed E-state index contributed by atoms with van der Waals surface area (Å²) < 4.78 is 4.65. The van der Waals surface area contributed by atoms with Crippen molar-refractivity contribution in [1.29, 1.82) is 0 Å². The minimum Gasteiger partial charge on any atom is -0.465 e. The zero-order valence-electron chi connectivity index (χ0n) is 10.2. The van der Waals surface area contributed by atoms with E-state index < -0.39 is 5.97 Å². The number of hydrogen-bond acceptors (Lipinski definition) is 4. The van der Waals surface area contributed by atoms with E-state index in [0.717, 1.165) is 9.79 Å². The highest BCUT2D eigenvalue weighted by Crippen LogP contribution is 2.36. The van der Waals surface area contributed by atoms with Gasteiger partial charge in [0.15, 0.2) is 0 Å². The second kappa shape index (κ2) is 5.99. The third-order valence-corrected chi connectivity index (χ3v) is 4.10. The molecule has 0 amide bonds. The van der Waals surface area contributed by atoms with Gasteiger partial charge >= 0.3 is 5.97 Å². The molecule has 2 N–H and O–H groups in total. The lowest BCUT2D eigenvalue weighted by Crippen LogP contribution is -2.02. The molecule has 2 aromatic carbocycles. The largest absolute Gasteiger partial charge is 0.465 e. The van der Waals surface area contributed by atoms with Crippen molar-refractivity contribution in [2.45, 2.75) is 9.79 Å². The first-order valence-electron chi connectivity index (χ1n) is 5.52. The molecule has 2 rings (SSSR count). The summed E-state index contributed by atoms with van der Waals surface area (Å²) >= 11 is 7.55. The number of benzene rings is 2. The van der Waals surface area contributed by atoms with Crippen LogP contribution in [-0.4, -0.2) is 13.1 Å². The topological polar surface area (TPSA) is 52.3 Å². The van der Waals surface area contributed by atoms with E-state index in [2.05, 4.69) is 4.74 Å². The van der Waals surface area contributed by atoms with Gasteiger partial charge in [-0.05, 0) is 30.3 Å². The molecule has 3 nitrogen and oxygen atoms in total. The van der Waals surface area contributed by atoms with Crippen molar-refractivity contribution < 1.29 is 9.53 Å². The van der Waals surface area contributed by atoms with Crippen LogP contribution in [0.3, 0.4) is 0 Å². The number of carbonyl (C=O) groups excluding carboxylic acids is 1. The zero-order chi connectivity index (χ0) is 13.8. The fourth-order valence-corrected chi connectivity index (χ4v) is 2.65. The number of esters is 1. The van der Waals surface area contributed by atoms with Crippen LogP contribution < -0.4 is 5.73 Å². The summed E-state index contributed by atoms with van der Waals surface area (Å²) in [5.74, 6) is -0.402. The molecule has 0 atom stereocenters. The van der Waals surface area contributed by atoms with Gasteiger partial charge in [-0.1, -0.05) is 35.5 Å². The zero-order valence-corrected chi connectivity index (χ0v) is 11.8. The van der Waals surface area contributed by atoms with Crippen LogP contribution in [0.25, 0.3) is 0 Å².